The molecule has 0 bridgehead atoms. The number of nitrogens with zero attached hydrogens (tertiary/aromatic N) is 1. The molecule has 3 aromatic rings. The molecule has 1 N–H and O–H groups in total. The van der Waals surface area contributed by atoms with Crippen molar-refractivity contribution in [3.63, 3.8) is 0 Å². The molecule has 1 saturated heterocycles. The van der Waals surface area contributed by atoms with Crippen LogP contribution in [0.25, 0.3) is 10.9 Å². The fraction of sp³-hybridized carbons (Fsp3) is 0.286. The van der Waals surface area contributed by atoms with Gasteiger partial charge in [0.05, 0.1) is 0 Å². The summed E-state index contributed by atoms with van der Waals surface area (Å²) in [5.74, 6) is 0.626. The highest BCUT2D eigenvalue weighted by molar-refractivity contribution is 6.31. The number of piperidine rings is 1. The maximum Gasteiger partial charge on any atom is 0.253 e. The van der Waals surface area contributed by atoms with E-state index in [0.717, 1.165) is 42.0 Å². The predicted molar refractivity (Wildman–Crippen MR) is 102 cm³/mol. The number of H-pyrrole nitrogens is 1. The van der Waals surface area contributed by atoms with Crippen molar-refractivity contribution in [1.29, 1.82) is 0 Å². The van der Waals surface area contributed by atoms with E-state index in [1.807, 2.05) is 48.2 Å². The normalized spacial score (nSPS) is 15.7. The Hall–Kier alpha value is -2.26. The average Bonchev–Trinajstić information content (AvgIpc) is 3.05. The number of nitrogens with one attached hydrogen (secondary N) is 1. The number of benzene rings is 2. The van der Waals surface area contributed by atoms with Crippen LogP contribution in [0, 0.1) is 6.92 Å². The number of aromatic nitrogens is 1. The lowest BCUT2D eigenvalue weighted by atomic mass is 9.89. The Kier molecular flexibility index (Phi) is 4.26. The lowest BCUT2D eigenvalue weighted by molar-refractivity contribution is 0.0713. The summed E-state index contributed by atoms with van der Waals surface area (Å²) in [6.45, 7) is 3.64. The van der Waals surface area contributed by atoms with E-state index in [-0.39, 0.29) is 5.91 Å². The van der Waals surface area contributed by atoms with Crippen molar-refractivity contribution in [3.8, 4) is 0 Å². The van der Waals surface area contributed by atoms with Crippen molar-refractivity contribution in [3.05, 3.63) is 70.4 Å². The van der Waals surface area contributed by atoms with Crippen LogP contribution in [0.5, 0.6) is 0 Å². The fourth-order valence-corrected chi connectivity index (χ4v) is 3.90. The zero-order chi connectivity index (χ0) is 17.4. The Morgan fingerprint density at radius 1 is 1.12 bits per heavy atom. The van der Waals surface area contributed by atoms with E-state index in [1.54, 1.807) is 0 Å². The van der Waals surface area contributed by atoms with Crippen molar-refractivity contribution in [2.75, 3.05) is 13.1 Å². The van der Waals surface area contributed by atoms with Crippen molar-refractivity contribution in [2.24, 2.45) is 0 Å². The molecule has 1 aliphatic rings. The summed E-state index contributed by atoms with van der Waals surface area (Å²) >= 11 is 6.07. The number of aryl methyl sites for hydroxylation is 1. The minimum Gasteiger partial charge on any atom is -0.361 e. The predicted octanol–water partition coefficient (Wildman–Crippen LogP) is 5.15. The summed E-state index contributed by atoms with van der Waals surface area (Å²) in [5.41, 5.74) is 4.38. The van der Waals surface area contributed by atoms with Gasteiger partial charge in [-0.15, -0.1) is 0 Å². The number of carbonyl (C=O) groups excluding carboxylic acids is 1. The van der Waals surface area contributed by atoms with Gasteiger partial charge in [-0.05, 0) is 55.5 Å². The van der Waals surface area contributed by atoms with E-state index in [9.17, 15) is 4.79 Å². The van der Waals surface area contributed by atoms with E-state index >= 15 is 0 Å². The van der Waals surface area contributed by atoms with Gasteiger partial charge >= 0.3 is 0 Å². The fourth-order valence-electron chi connectivity index (χ4n) is 3.73. The number of fused-ring (bicyclic) bond motifs is 1. The van der Waals surface area contributed by atoms with Gasteiger partial charge in [-0.2, -0.15) is 0 Å². The summed E-state index contributed by atoms with van der Waals surface area (Å²) in [7, 11) is 0. The van der Waals surface area contributed by atoms with Gasteiger partial charge in [0, 0.05) is 40.8 Å². The van der Waals surface area contributed by atoms with Crippen molar-refractivity contribution in [2.45, 2.75) is 25.7 Å². The minimum absolute atomic E-state index is 0.143. The molecule has 0 unspecified atom stereocenters. The molecule has 1 amide bonds. The topological polar surface area (TPSA) is 36.1 Å². The molecule has 0 aliphatic carbocycles. The first kappa shape index (κ1) is 16.2. The molecular formula is C21H21ClN2O. The third kappa shape index (κ3) is 3.16. The van der Waals surface area contributed by atoms with Crippen LogP contribution in [0.4, 0.5) is 0 Å². The Morgan fingerprint density at radius 3 is 2.56 bits per heavy atom. The first-order valence-electron chi connectivity index (χ1n) is 8.74. The number of carbonyl (C=O) groups is 1. The number of halogens is 1. The lowest BCUT2D eigenvalue weighted by Crippen LogP contribution is -2.37. The molecule has 2 heterocycles. The molecule has 4 heteroatoms. The molecule has 25 heavy (non-hydrogen) atoms. The van der Waals surface area contributed by atoms with Gasteiger partial charge in [-0.1, -0.05) is 35.4 Å². The molecule has 4 rings (SSSR count). The van der Waals surface area contributed by atoms with Crippen molar-refractivity contribution >= 4 is 28.4 Å². The monoisotopic (exact) mass is 352 g/mol. The molecule has 1 aromatic heterocycles. The number of aromatic amines is 1. The Labute approximate surface area is 152 Å². The summed E-state index contributed by atoms with van der Waals surface area (Å²) in [6, 6.07) is 13.8. The van der Waals surface area contributed by atoms with E-state index in [4.69, 9.17) is 11.6 Å². The molecule has 128 valence electrons. The van der Waals surface area contributed by atoms with Gasteiger partial charge < -0.3 is 9.88 Å². The van der Waals surface area contributed by atoms with E-state index in [2.05, 4.69) is 17.2 Å². The summed E-state index contributed by atoms with van der Waals surface area (Å²) < 4.78 is 0. The number of rotatable bonds is 2. The Morgan fingerprint density at radius 2 is 1.84 bits per heavy atom. The van der Waals surface area contributed by atoms with Crippen LogP contribution in [-0.2, 0) is 0 Å². The van der Waals surface area contributed by atoms with Crippen LogP contribution in [0.3, 0.4) is 0 Å². The number of likely N-dealkylation sites (tertiary alicyclic amines) is 1. The second-order valence-electron chi connectivity index (χ2n) is 6.87. The number of amides is 1. The maximum atomic E-state index is 12.7. The number of hydrogen-bond donors (Lipinski definition) is 1. The molecule has 1 aliphatic heterocycles. The second-order valence-corrected chi connectivity index (χ2v) is 7.30. The standard InChI is InChI=1S/C21H21ClN2O/c1-14-2-4-16(5-3-14)21(25)24-10-8-15(9-11-24)19-13-23-20-12-17(22)6-7-18(19)20/h2-7,12-13,15,23H,8-11H2,1H3. The SMILES string of the molecule is Cc1ccc(C(=O)N2CCC(c3c[nH]c4cc(Cl)ccc34)CC2)cc1. The van der Waals surface area contributed by atoms with Crippen LogP contribution in [0.1, 0.15) is 40.2 Å². The van der Waals surface area contributed by atoms with Gasteiger partial charge in [-0.3, -0.25) is 4.79 Å². The zero-order valence-electron chi connectivity index (χ0n) is 14.3. The second kappa shape index (κ2) is 6.57. The van der Waals surface area contributed by atoms with Gasteiger partial charge in [-0.25, -0.2) is 0 Å². The quantitative estimate of drug-likeness (QED) is 0.680. The molecule has 1 fully saturated rings. The van der Waals surface area contributed by atoms with E-state index < -0.39 is 0 Å². The summed E-state index contributed by atoms with van der Waals surface area (Å²) in [4.78, 5) is 18.0. The third-order valence-electron chi connectivity index (χ3n) is 5.20. The van der Waals surface area contributed by atoms with E-state index in [1.165, 1.54) is 16.5 Å². The highest BCUT2D eigenvalue weighted by Gasteiger charge is 2.26. The summed E-state index contributed by atoms with van der Waals surface area (Å²) in [5, 5.41) is 1.99. The average molecular weight is 353 g/mol. The Balaban J connectivity index is 1.47. The summed E-state index contributed by atoms with van der Waals surface area (Å²) in [6.07, 6.45) is 4.09. The smallest absolute Gasteiger partial charge is 0.253 e. The first-order chi connectivity index (χ1) is 12.1. The highest BCUT2D eigenvalue weighted by Crippen LogP contribution is 2.34. The largest absolute Gasteiger partial charge is 0.361 e. The van der Waals surface area contributed by atoms with Gasteiger partial charge in [0.2, 0.25) is 0 Å². The van der Waals surface area contributed by atoms with Crippen molar-refractivity contribution < 1.29 is 4.79 Å². The van der Waals surface area contributed by atoms with Crippen molar-refractivity contribution in [1.82, 2.24) is 9.88 Å². The van der Waals surface area contributed by atoms with Crippen LogP contribution < -0.4 is 0 Å². The molecule has 0 spiro atoms. The molecule has 3 nitrogen and oxygen atoms in total. The molecule has 0 radical (unpaired) electrons. The molecule has 2 aromatic carbocycles. The molecule has 0 saturated carbocycles. The van der Waals surface area contributed by atoms with E-state index in [0.29, 0.717) is 5.92 Å². The van der Waals surface area contributed by atoms with Crippen LogP contribution in [0.2, 0.25) is 5.02 Å². The molecular weight excluding hydrogens is 332 g/mol. The third-order valence-corrected chi connectivity index (χ3v) is 5.43. The highest BCUT2D eigenvalue weighted by atomic mass is 35.5. The zero-order valence-corrected chi connectivity index (χ0v) is 15.0. The Bertz CT molecular complexity index is 905. The van der Waals surface area contributed by atoms with Gasteiger partial charge in [0.25, 0.3) is 5.91 Å². The minimum atomic E-state index is 0.143. The van der Waals surface area contributed by atoms with Gasteiger partial charge in [0.1, 0.15) is 0 Å². The first-order valence-corrected chi connectivity index (χ1v) is 9.12. The lowest BCUT2D eigenvalue weighted by Gasteiger charge is -2.32. The van der Waals surface area contributed by atoms with Crippen LogP contribution in [-0.4, -0.2) is 28.9 Å². The van der Waals surface area contributed by atoms with Gasteiger partial charge in [0.15, 0.2) is 0 Å². The van der Waals surface area contributed by atoms with Crippen LogP contribution >= 0.6 is 11.6 Å². The van der Waals surface area contributed by atoms with Crippen LogP contribution in [0.15, 0.2) is 48.7 Å². The maximum absolute atomic E-state index is 12.7. The molecule has 0 atom stereocenters. The number of hydrogen-bond acceptors (Lipinski definition) is 1.